The smallest absolute Gasteiger partial charge is 0.231 e. The van der Waals surface area contributed by atoms with Crippen LogP contribution in [0, 0.1) is 0 Å². The number of amides is 1. The van der Waals surface area contributed by atoms with Gasteiger partial charge in [-0.05, 0) is 36.9 Å². The number of carbonyl (C=O) groups is 1. The zero-order chi connectivity index (χ0) is 13.0. The summed E-state index contributed by atoms with van der Waals surface area (Å²) in [4.78, 5) is 17.3. The van der Waals surface area contributed by atoms with E-state index in [2.05, 4.69) is 10.3 Å². The fraction of sp³-hybridized carbons (Fsp3) is 0.286. The molecule has 0 atom stereocenters. The number of rotatable bonds is 4. The van der Waals surface area contributed by atoms with Crippen LogP contribution in [0.4, 0.5) is 0 Å². The van der Waals surface area contributed by atoms with Gasteiger partial charge in [0.2, 0.25) is 5.91 Å². The second-order valence-electron chi connectivity index (χ2n) is 4.65. The van der Waals surface area contributed by atoms with E-state index in [-0.39, 0.29) is 5.91 Å². The van der Waals surface area contributed by atoms with Crippen LogP contribution in [0.2, 0.25) is 0 Å². The van der Waals surface area contributed by atoms with Gasteiger partial charge in [-0.25, -0.2) is 0 Å². The van der Waals surface area contributed by atoms with Crippen molar-refractivity contribution in [3.8, 4) is 0 Å². The molecule has 2 aromatic rings. The lowest BCUT2D eigenvalue weighted by molar-refractivity contribution is -0.125. The van der Waals surface area contributed by atoms with Crippen molar-refractivity contribution in [2.24, 2.45) is 0 Å². The standard InChI is InChI=1S/C14H16N2OS/c1-14(2,12-6-4-8-18-12)13(17)16-10-11-5-3-7-15-9-11/h3-9H,10H2,1-2H3,(H,16,17). The number of carbonyl (C=O) groups excluding carboxylic acids is 1. The van der Waals surface area contributed by atoms with E-state index in [1.165, 1.54) is 0 Å². The minimum atomic E-state index is -0.490. The molecule has 1 N–H and O–H groups in total. The highest BCUT2D eigenvalue weighted by Crippen LogP contribution is 2.27. The fourth-order valence-electron chi connectivity index (χ4n) is 1.65. The Bertz CT molecular complexity index is 506. The molecular formula is C14H16N2OS. The van der Waals surface area contributed by atoms with Crippen molar-refractivity contribution in [3.63, 3.8) is 0 Å². The monoisotopic (exact) mass is 260 g/mol. The van der Waals surface area contributed by atoms with E-state index in [4.69, 9.17) is 0 Å². The number of hydrogen-bond acceptors (Lipinski definition) is 3. The van der Waals surface area contributed by atoms with Crippen molar-refractivity contribution in [1.82, 2.24) is 10.3 Å². The summed E-state index contributed by atoms with van der Waals surface area (Å²) in [7, 11) is 0. The van der Waals surface area contributed by atoms with Gasteiger partial charge < -0.3 is 5.32 Å². The van der Waals surface area contributed by atoms with Crippen LogP contribution in [0.5, 0.6) is 0 Å². The molecule has 0 fully saturated rings. The summed E-state index contributed by atoms with van der Waals surface area (Å²) in [5, 5.41) is 4.95. The molecule has 3 nitrogen and oxygen atoms in total. The minimum Gasteiger partial charge on any atom is -0.351 e. The third kappa shape index (κ3) is 2.76. The summed E-state index contributed by atoms with van der Waals surface area (Å²) >= 11 is 1.61. The third-order valence-electron chi connectivity index (χ3n) is 2.88. The van der Waals surface area contributed by atoms with Crippen LogP contribution in [0.3, 0.4) is 0 Å². The number of thiophene rings is 1. The van der Waals surface area contributed by atoms with E-state index in [0.717, 1.165) is 10.4 Å². The van der Waals surface area contributed by atoms with Crippen LogP contribution in [0.1, 0.15) is 24.3 Å². The first-order valence-electron chi connectivity index (χ1n) is 5.82. The molecule has 94 valence electrons. The molecule has 18 heavy (non-hydrogen) atoms. The molecule has 0 bridgehead atoms. The van der Waals surface area contributed by atoms with Crippen molar-refractivity contribution in [2.45, 2.75) is 25.8 Å². The highest BCUT2D eigenvalue weighted by Gasteiger charge is 2.30. The number of nitrogens with one attached hydrogen (secondary N) is 1. The summed E-state index contributed by atoms with van der Waals surface area (Å²) in [6, 6.07) is 7.78. The lowest BCUT2D eigenvalue weighted by atomic mass is 9.90. The predicted molar refractivity (Wildman–Crippen MR) is 73.4 cm³/mol. The van der Waals surface area contributed by atoms with Gasteiger partial charge in [0.15, 0.2) is 0 Å². The number of nitrogens with zero attached hydrogens (tertiary/aromatic N) is 1. The van der Waals surface area contributed by atoms with Crippen molar-refractivity contribution >= 4 is 17.2 Å². The Labute approximate surface area is 111 Å². The number of hydrogen-bond donors (Lipinski definition) is 1. The Morgan fingerprint density at radius 2 is 2.22 bits per heavy atom. The van der Waals surface area contributed by atoms with Crippen molar-refractivity contribution < 1.29 is 4.79 Å². The normalized spacial score (nSPS) is 11.2. The molecule has 2 heterocycles. The predicted octanol–water partition coefficient (Wildman–Crippen LogP) is 2.74. The summed E-state index contributed by atoms with van der Waals surface area (Å²) in [5.41, 5.74) is 0.518. The summed E-state index contributed by atoms with van der Waals surface area (Å²) < 4.78 is 0. The SMILES string of the molecule is CC(C)(C(=O)NCc1cccnc1)c1cccs1. The van der Waals surface area contributed by atoms with E-state index in [1.54, 1.807) is 23.7 Å². The Balaban J connectivity index is 2.00. The molecule has 0 aliphatic heterocycles. The molecule has 1 amide bonds. The molecule has 0 saturated heterocycles. The van der Waals surface area contributed by atoms with Crippen LogP contribution in [0.15, 0.2) is 42.0 Å². The van der Waals surface area contributed by atoms with Crippen LogP contribution < -0.4 is 5.32 Å². The molecule has 0 spiro atoms. The van der Waals surface area contributed by atoms with E-state index in [1.807, 2.05) is 43.5 Å². The van der Waals surface area contributed by atoms with Gasteiger partial charge in [-0.1, -0.05) is 12.1 Å². The highest BCUT2D eigenvalue weighted by atomic mass is 32.1. The van der Waals surface area contributed by atoms with Gasteiger partial charge in [-0.15, -0.1) is 11.3 Å². The fourth-order valence-corrected chi connectivity index (χ4v) is 2.50. The third-order valence-corrected chi connectivity index (χ3v) is 4.07. The van der Waals surface area contributed by atoms with Gasteiger partial charge in [0, 0.05) is 23.8 Å². The van der Waals surface area contributed by atoms with Crippen molar-refractivity contribution in [1.29, 1.82) is 0 Å². The average Bonchev–Trinajstić information content (AvgIpc) is 2.91. The van der Waals surface area contributed by atoms with Crippen molar-refractivity contribution in [2.75, 3.05) is 0 Å². The van der Waals surface area contributed by atoms with Crippen LogP contribution in [-0.2, 0) is 16.8 Å². The molecule has 4 heteroatoms. The summed E-state index contributed by atoms with van der Waals surface area (Å²) in [6.07, 6.45) is 3.49. The maximum absolute atomic E-state index is 12.2. The molecule has 0 unspecified atom stereocenters. The molecule has 0 aromatic carbocycles. The first kappa shape index (κ1) is 12.8. The summed E-state index contributed by atoms with van der Waals surface area (Å²) in [5.74, 6) is 0.0359. The molecule has 2 rings (SSSR count). The van der Waals surface area contributed by atoms with E-state index >= 15 is 0 Å². The Morgan fingerprint density at radius 1 is 1.39 bits per heavy atom. The Morgan fingerprint density at radius 3 is 2.83 bits per heavy atom. The molecule has 0 saturated carbocycles. The first-order chi connectivity index (χ1) is 8.60. The lowest BCUT2D eigenvalue weighted by Gasteiger charge is -2.22. The quantitative estimate of drug-likeness (QED) is 0.918. The van der Waals surface area contributed by atoms with Crippen LogP contribution in [-0.4, -0.2) is 10.9 Å². The largest absolute Gasteiger partial charge is 0.351 e. The molecular weight excluding hydrogens is 244 g/mol. The topological polar surface area (TPSA) is 42.0 Å². The average molecular weight is 260 g/mol. The molecule has 2 aromatic heterocycles. The Hall–Kier alpha value is -1.68. The van der Waals surface area contributed by atoms with Crippen molar-refractivity contribution in [3.05, 3.63) is 52.5 Å². The second kappa shape index (κ2) is 5.31. The summed E-state index contributed by atoms with van der Waals surface area (Å²) in [6.45, 7) is 4.40. The highest BCUT2D eigenvalue weighted by molar-refractivity contribution is 7.10. The van der Waals surface area contributed by atoms with Gasteiger partial charge in [-0.3, -0.25) is 9.78 Å². The minimum absolute atomic E-state index is 0.0359. The Kier molecular flexibility index (Phi) is 3.77. The zero-order valence-electron chi connectivity index (χ0n) is 10.5. The second-order valence-corrected chi connectivity index (χ2v) is 5.59. The van der Waals surface area contributed by atoms with Gasteiger partial charge in [0.1, 0.15) is 0 Å². The van der Waals surface area contributed by atoms with Gasteiger partial charge in [-0.2, -0.15) is 0 Å². The van der Waals surface area contributed by atoms with Crippen LogP contribution >= 0.6 is 11.3 Å². The molecule has 0 radical (unpaired) electrons. The van der Waals surface area contributed by atoms with E-state index < -0.39 is 5.41 Å². The zero-order valence-corrected chi connectivity index (χ0v) is 11.3. The van der Waals surface area contributed by atoms with E-state index in [9.17, 15) is 4.79 Å². The number of aromatic nitrogens is 1. The van der Waals surface area contributed by atoms with Gasteiger partial charge >= 0.3 is 0 Å². The number of pyridine rings is 1. The van der Waals surface area contributed by atoms with Gasteiger partial charge in [0.05, 0.1) is 5.41 Å². The first-order valence-corrected chi connectivity index (χ1v) is 6.70. The maximum Gasteiger partial charge on any atom is 0.231 e. The van der Waals surface area contributed by atoms with Crippen LogP contribution in [0.25, 0.3) is 0 Å². The molecule has 0 aliphatic rings. The van der Waals surface area contributed by atoms with Gasteiger partial charge in [0.25, 0.3) is 0 Å². The molecule has 0 aliphatic carbocycles. The van der Waals surface area contributed by atoms with E-state index in [0.29, 0.717) is 6.54 Å². The maximum atomic E-state index is 12.2. The lowest BCUT2D eigenvalue weighted by Crippen LogP contribution is -2.39.